The van der Waals surface area contributed by atoms with E-state index in [0.717, 1.165) is 18.7 Å². The molecule has 5 nitrogen and oxygen atoms in total. The Morgan fingerprint density at radius 3 is 2.44 bits per heavy atom. The van der Waals surface area contributed by atoms with Gasteiger partial charge in [-0.15, -0.1) is 0 Å². The molecule has 18 heavy (non-hydrogen) atoms. The lowest BCUT2D eigenvalue weighted by Gasteiger charge is -2.13. The summed E-state index contributed by atoms with van der Waals surface area (Å²) >= 11 is 0. The number of allylic oxidation sites excluding steroid dienone is 3. The fourth-order valence-electron chi connectivity index (χ4n) is 1.19. The van der Waals surface area contributed by atoms with Crippen molar-refractivity contribution in [2.24, 2.45) is 4.99 Å². The molecule has 102 valence electrons. The Labute approximate surface area is 108 Å². The molecule has 0 heterocycles. The zero-order chi connectivity index (χ0) is 14.0. The van der Waals surface area contributed by atoms with E-state index < -0.39 is 18.6 Å². The average Bonchev–Trinajstić information content (AvgIpc) is 2.35. The largest absolute Gasteiger partial charge is 0.480 e. The second kappa shape index (κ2) is 9.41. The van der Waals surface area contributed by atoms with Gasteiger partial charge in [-0.05, 0) is 38.6 Å². The SMILES string of the molecule is CCN(/C=C/C=C(\C)C=N[C@@H](CO)C(=O)O)CC. The summed E-state index contributed by atoms with van der Waals surface area (Å²) in [5.41, 5.74) is 0.832. The normalized spacial score (nSPS) is 14.3. The van der Waals surface area contributed by atoms with Crippen molar-refractivity contribution >= 4 is 12.2 Å². The number of hydrogen-bond acceptors (Lipinski definition) is 4. The van der Waals surface area contributed by atoms with Gasteiger partial charge in [0.15, 0.2) is 6.04 Å². The van der Waals surface area contributed by atoms with E-state index in [1.807, 2.05) is 25.3 Å². The van der Waals surface area contributed by atoms with Crippen LogP contribution in [0.3, 0.4) is 0 Å². The van der Waals surface area contributed by atoms with Crippen LogP contribution in [-0.2, 0) is 4.79 Å². The van der Waals surface area contributed by atoms with Crippen LogP contribution in [0.25, 0.3) is 0 Å². The first kappa shape index (κ1) is 16.4. The Morgan fingerprint density at radius 1 is 1.39 bits per heavy atom. The molecule has 0 aromatic carbocycles. The van der Waals surface area contributed by atoms with Crippen molar-refractivity contribution < 1.29 is 15.0 Å². The minimum absolute atomic E-state index is 0.492. The van der Waals surface area contributed by atoms with Crippen molar-refractivity contribution in [1.29, 1.82) is 0 Å². The third-order valence-electron chi connectivity index (χ3n) is 2.38. The number of nitrogens with zero attached hydrogens (tertiary/aromatic N) is 2. The van der Waals surface area contributed by atoms with Gasteiger partial charge in [0.05, 0.1) is 6.61 Å². The quantitative estimate of drug-likeness (QED) is 0.506. The molecule has 5 heteroatoms. The van der Waals surface area contributed by atoms with E-state index in [9.17, 15) is 4.79 Å². The van der Waals surface area contributed by atoms with Crippen molar-refractivity contribution in [2.45, 2.75) is 26.8 Å². The monoisotopic (exact) mass is 254 g/mol. The van der Waals surface area contributed by atoms with Crippen LogP contribution in [0, 0.1) is 0 Å². The first-order valence-corrected chi connectivity index (χ1v) is 6.01. The topological polar surface area (TPSA) is 73.1 Å². The number of aliphatic hydroxyl groups is 1. The number of rotatable bonds is 8. The molecule has 0 aromatic rings. The summed E-state index contributed by atoms with van der Waals surface area (Å²) < 4.78 is 0. The second-order valence-electron chi connectivity index (χ2n) is 3.79. The Balaban J connectivity index is 4.43. The van der Waals surface area contributed by atoms with Crippen LogP contribution in [0.15, 0.2) is 28.9 Å². The van der Waals surface area contributed by atoms with Gasteiger partial charge in [0.25, 0.3) is 0 Å². The second-order valence-corrected chi connectivity index (χ2v) is 3.79. The van der Waals surface area contributed by atoms with E-state index in [2.05, 4.69) is 23.7 Å². The van der Waals surface area contributed by atoms with Crippen molar-refractivity contribution in [3.63, 3.8) is 0 Å². The van der Waals surface area contributed by atoms with Gasteiger partial charge >= 0.3 is 5.97 Å². The number of aliphatic imine (C=N–C) groups is 1. The molecule has 0 aromatic heterocycles. The zero-order valence-electron chi connectivity index (χ0n) is 11.2. The van der Waals surface area contributed by atoms with Gasteiger partial charge in [-0.1, -0.05) is 6.08 Å². The summed E-state index contributed by atoms with van der Waals surface area (Å²) in [5, 5.41) is 17.5. The molecule has 0 radical (unpaired) electrons. The minimum atomic E-state index is -1.12. The first-order chi connectivity index (χ1) is 8.54. The lowest BCUT2D eigenvalue weighted by molar-refractivity contribution is -0.139. The summed E-state index contributed by atoms with van der Waals surface area (Å²) in [6.07, 6.45) is 7.17. The maximum absolute atomic E-state index is 10.6. The lowest BCUT2D eigenvalue weighted by Crippen LogP contribution is -2.22. The summed E-state index contributed by atoms with van der Waals surface area (Å²) in [6, 6.07) is -1.08. The number of aliphatic hydroxyl groups excluding tert-OH is 1. The number of hydrogen-bond donors (Lipinski definition) is 2. The van der Waals surface area contributed by atoms with Crippen molar-refractivity contribution in [3.05, 3.63) is 23.9 Å². The highest BCUT2D eigenvalue weighted by molar-refractivity contribution is 5.82. The molecule has 0 amide bonds. The summed E-state index contributed by atoms with van der Waals surface area (Å²) in [5.74, 6) is -1.12. The number of carboxylic acid groups (broad SMARTS) is 1. The molecule has 0 unspecified atom stereocenters. The van der Waals surface area contributed by atoms with E-state index in [0.29, 0.717) is 0 Å². The van der Waals surface area contributed by atoms with Crippen molar-refractivity contribution in [3.8, 4) is 0 Å². The molecule has 0 saturated heterocycles. The van der Waals surface area contributed by atoms with E-state index in [-0.39, 0.29) is 0 Å². The van der Waals surface area contributed by atoms with E-state index >= 15 is 0 Å². The number of carboxylic acids is 1. The van der Waals surface area contributed by atoms with Gasteiger partial charge in [-0.25, -0.2) is 4.79 Å². The van der Waals surface area contributed by atoms with Crippen molar-refractivity contribution in [1.82, 2.24) is 4.90 Å². The van der Waals surface area contributed by atoms with Crippen LogP contribution in [0.2, 0.25) is 0 Å². The Morgan fingerprint density at radius 2 is 2.00 bits per heavy atom. The Kier molecular flexibility index (Phi) is 8.57. The lowest BCUT2D eigenvalue weighted by atomic mass is 10.3. The summed E-state index contributed by atoms with van der Waals surface area (Å²) in [7, 11) is 0. The third-order valence-corrected chi connectivity index (χ3v) is 2.38. The maximum Gasteiger partial charge on any atom is 0.330 e. The van der Waals surface area contributed by atoms with Crippen LogP contribution in [-0.4, -0.2) is 53.0 Å². The zero-order valence-corrected chi connectivity index (χ0v) is 11.2. The molecule has 0 rings (SSSR count). The van der Waals surface area contributed by atoms with Gasteiger partial charge in [0.2, 0.25) is 0 Å². The van der Waals surface area contributed by atoms with Gasteiger partial charge in [-0.3, -0.25) is 4.99 Å². The van der Waals surface area contributed by atoms with E-state index in [1.54, 1.807) is 0 Å². The molecule has 0 aliphatic rings. The van der Waals surface area contributed by atoms with Crippen LogP contribution < -0.4 is 0 Å². The maximum atomic E-state index is 10.6. The molecule has 0 aliphatic carbocycles. The van der Waals surface area contributed by atoms with Gasteiger partial charge in [0, 0.05) is 19.3 Å². The van der Waals surface area contributed by atoms with E-state index in [4.69, 9.17) is 10.2 Å². The van der Waals surface area contributed by atoms with Gasteiger partial charge in [-0.2, -0.15) is 0 Å². The summed E-state index contributed by atoms with van der Waals surface area (Å²) in [4.78, 5) is 16.5. The smallest absolute Gasteiger partial charge is 0.330 e. The van der Waals surface area contributed by atoms with Gasteiger partial charge in [0.1, 0.15) is 0 Å². The third kappa shape index (κ3) is 6.85. The molecule has 0 fully saturated rings. The molecule has 0 saturated carbocycles. The average molecular weight is 254 g/mol. The standard InChI is InChI=1S/C13H22N2O3/c1-4-15(5-2)8-6-7-11(3)9-14-12(10-16)13(17)18/h6-9,12,16H,4-5,10H2,1-3H3,(H,17,18)/b8-6+,11-7+,14-9?/t12-/m0/s1. The predicted octanol–water partition coefficient (Wildman–Crippen LogP) is 1.30. The molecular weight excluding hydrogens is 232 g/mol. The van der Waals surface area contributed by atoms with Crippen LogP contribution in [0.5, 0.6) is 0 Å². The van der Waals surface area contributed by atoms with Crippen LogP contribution in [0.1, 0.15) is 20.8 Å². The first-order valence-electron chi connectivity index (χ1n) is 6.01. The van der Waals surface area contributed by atoms with Crippen LogP contribution in [0.4, 0.5) is 0 Å². The number of carbonyl (C=O) groups is 1. The Bertz CT molecular complexity index is 331. The molecule has 0 spiro atoms. The number of aliphatic carboxylic acids is 1. The van der Waals surface area contributed by atoms with Crippen LogP contribution >= 0.6 is 0 Å². The summed E-state index contributed by atoms with van der Waals surface area (Å²) in [6.45, 7) is 7.37. The fraction of sp³-hybridized carbons (Fsp3) is 0.538. The highest BCUT2D eigenvalue weighted by Crippen LogP contribution is 1.95. The van der Waals surface area contributed by atoms with Gasteiger partial charge < -0.3 is 15.1 Å². The molecule has 0 bridgehead atoms. The highest BCUT2D eigenvalue weighted by Gasteiger charge is 2.12. The Hall–Kier alpha value is -1.62. The predicted molar refractivity (Wildman–Crippen MR) is 72.8 cm³/mol. The molecule has 2 N–H and O–H groups in total. The molecule has 0 aliphatic heterocycles. The molecule has 1 atom stereocenters. The molecular formula is C13H22N2O3. The fourth-order valence-corrected chi connectivity index (χ4v) is 1.19. The van der Waals surface area contributed by atoms with E-state index in [1.165, 1.54) is 6.21 Å². The highest BCUT2D eigenvalue weighted by atomic mass is 16.4. The minimum Gasteiger partial charge on any atom is -0.480 e. The van der Waals surface area contributed by atoms with Crippen molar-refractivity contribution in [2.75, 3.05) is 19.7 Å².